The van der Waals surface area contributed by atoms with Gasteiger partial charge in [-0.25, -0.2) is 0 Å². The zero-order chi connectivity index (χ0) is 18.7. The normalized spacial score (nSPS) is 10.6. The second-order valence-electron chi connectivity index (χ2n) is 6.04. The predicted molar refractivity (Wildman–Crippen MR) is 101 cm³/mol. The fraction of sp³-hybridized carbons (Fsp3) is 0.200. The molecule has 0 saturated heterocycles. The Labute approximate surface area is 156 Å². The number of ether oxygens (including phenoxy) is 1. The monoisotopic (exact) mass is 370 g/mol. The van der Waals surface area contributed by atoms with Crippen LogP contribution in [0.5, 0.6) is 5.75 Å². The van der Waals surface area contributed by atoms with Gasteiger partial charge in [0.2, 0.25) is 0 Å². The summed E-state index contributed by atoms with van der Waals surface area (Å²) < 4.78 is 11.0. The molecular weight excluding hydrogens is 352 g/mol. The summed E-state index contributed by atoms with van der Waals surface area (Å²) in [5.41, 5.74) is 3.34. The van der Waals surface area contributed by atoms with Crippen LogP contribution in [-0.4, -0.2) is 11.1 Å². The molecule has 134 valence electrons. The van der Waals surface area contributed by atoms with Gasteiger partial charge in [-0.3, -0.25) is 4.79 Å². The molecule has 5 nitrogen and oxygen atoms in total. The van der Waals surface area contributed by atoms with E-state index in [0.29, 0.717) is 22.0 Å². The van der Waals surface area contributed by atoms with Crippen molar-refractivity contribution < 1.29 is 14.1 Å². The van der Waals surface area contributed by atoms with Crippen LogP contribution in [0.15, 0.2) is 47.0 Å². The lowest BCUT2D eigenvalue weighted by Crippen LogP contribution is -2.16. The van der Waals surface area contributed by atoms with E-state index in [1.165, 1.54) is 0 Å². The number of aromatic nitrogens is 1. The maximum Gasteiger partial charge on any atom is 0.278 e. The van der Waals surface area contributed by atoms with Crippen molar-refractivity contribution in [3.05, 3.63) is 75.6 Å². The second kappa shape index (κ2) is 7.62. The molecule has 6 heteroatoms. The van der Waals surface area contributed by atoms with Gasteiger partial charge >= 0.3 is 0 Å². The topological polar surface area (TPSA) is 64.4 Å². The van der Waals surface area contributed by atoms with Crippen molar-refractivity contribution in [3.63, 3.8) is 0 Å². The summed E-state index contributed by atoms with van der Waals surface area (Å²) in [7, 11) is 0. The lowest BCUT2D eigenvalue weighted by Gasteiger charge is -2.10. The molecule has 0 radical (unpaired) electrons. The minimum Gasteiger partial charge on any atom is -0.489 e. The molecule has 0 spiro atoms. The number of carbonyl (C=O) groups excluding carboxylic acids is 1. The molecule has 2 aromatic carbocycles. The van der Waals surface area contributed by atoms with Gasteiger partial charge in [-0.15, -0.1) is 0 Å². The van der Waals surface area contributed by atoms with E-state index in [9.17, 15) is 4.79 Å². The Morgan fingerprint density at radius 1 is 1.19 bits per heavy atom. The van der Waals surface area contributed by atoms with E-state index >= 15 is 0 Å². The van der Waals surface area contributed by atoms with Crippen LogP contribution in [-0.2, 0) is 6.61 Å². The molecule has 0 aliphatic heterocycles. The number of rotatable bonds is 5. The Bertz CT molecular complexity index is 950. The lowest BCUT2D eigenvalue weighted by atomic mass is 10.1. The maximum atomic E-state index is 12.6. The number of aryl methyl sites for hydroxylation is 2. The van der Waals surface area contributed by atoms with Crippen molar-refractivity contribution in [2.75, 3.05) is 5.32 Å². The molecule has 1 amide bonds. The van der Waals surface area contributed by atoms with Gasteiger partial charge in [0.1, 0.15) is 18.1 Å². The zero-order valence-electron chi connectivity index (χ0n) is 14.8. The molecular formula is C20H19ClN2O3. The first-order valence-corrected chi connectivity index (χ1v) is 8.54. The smallest absolute Gasteiger partial charge is 0.278 e. The highest BCUT2D eigenvalue weighted by atomic mass is 35.5. The average Bonchev–Trinajstić information content (AvgIpc) is 2.98. The van der Waals surface area contributed by atoms with Crippen LogP contribution < -0.4 is 10.1 Å². The first-order chi connectivity index (χ1) is 12.5. The number of hydrogen-bond donors (Lipinski definition) is 1. The summed E-state index contributed by atoms with van der Waals surface area (Å²) in [4.78, 5) is 12.6. The number of carbonyl (C=O) groups is 1. The van der Waals surface area contributed by atoms with Crippen molar-refractivity contribution in [1.29, 1.82) is 0 Å². The van der Waals surface area contributed by atoms with E-state index in [-0.39, 0.29) is 18.2 Å². The van der Waals surface area contributed by atoms with E-state index in [1.54, 1.807) is 25.1 Å². The second-order valence-corrected chi connectivity index (χ2v) is 6.44. The van der Waals surface area contributed by atoms with Crippen LogP contribution in [0.2, 0.25) is 5.02 Å². The third-order valence-electron chi connectivity index (χ3n) is 4.09. The minimum absolute atomic E-state index is 0.191. The molecule has 26 heavy (non-hydrogen) atoms. The summed E-state index contributed by atoms with van der Waals surface area (Å²) >= 11 is 6.10. The zero-order valence-corrected chi connectivity index (χ0v) is 15.6. The average molecular weight is 371 g/mol. The fourth-order valence-corrected chi connectivity index (χ4v) is 2.70. The Morgan fingerprint density at radius 3 is 2.73 bits per heavy atom. The van der Waals surface area contributed by atoms with E-state index in [1.807, 2.05) is 38.1 Å². The van der Waals surface area contributed by atoms with Crippen LogP contribution in [0.3, 0.4) is 0 Å². The van der Waals surface area contributed by atoms with Gasteiger partial charge in [0.05, 0.1) is 5.56 Å². The van der Waals surface area contributed by atoms with Crippen molar-refractivity contribution in [3.8, 4) is 5.75 Å². The Morgan fingerprint density at radius 2 is 1.96 bits per heavy atom. The van der Waals surface area contributed by atoms with E-state index < -0.39 is 0 Å². The Kier molecular flexibility index (Phi) is 5.28. The SMILES string of the molecule is Cc1cccc(OCc2c(C(=O)Nc3cccc(Cl)c3C)noc2C)c1. The van der Waals surface area contributed by atoms with Gasteiger partial charge in [0.15, 0.2) is 5.69 Å². The molecule has 3 rings (SSSR count). The van der Waals surface area contributed by atoms with Gasteiger partial charge in [-0.2, -0.15) is 0 Å². The molecule has 0 fully saturated rings. The maximum absolute atomic E-state index is 12.6. The van der Waals surface area contributed by atoms with Crippen molar-refractivity contribution in [2.45, 2.75) is 27.4 Å². The molecule has 0 aliphatic rings. The quantitative estimate of drug-likeness (QED) is 0.679. The summed E-state index contributed by atoms with van der Waals surface area (Å²) in [5.74, 6) is 0.906. The standard InChI is InChI=1S/C20H19ClN2O3/c1-12-6-4-7-15(10-12)25-11-16-14(3)26-23-19(16)20(24)22-18-9-5-8-17(21)13(18)2/h4-10H,11H2,1-3H3,(H,22,24). The predicted octanol–water partition coefficient (Wildman–Crippen LogP) is 5.08. The first kappa shape index (κ1) is 18.0. The molecule has 3 aromatic rings. The van der Waals surface area contributed by atoms with Crippen molar-refractivity contribution >= 4 is 23.2 Å². The Hall–Kier alpha value is -2.79. The molecule has 1 heterocycles. The van der Waals surface area contributed by atoms with Gasteiger partial charge in [-0.1, -0.05) is 35.0 Å². The van der Waals surface area contributed by atoms with Crippen LogP contribution in [0.25, 0.3) is 0 Å². The number of amides is 1. The minimum atomic E-state index is -0.366. The van der Waals surface area contributed by atoms with Crippen molar-refractivity contribution in [2.24, 2.45) is 0 Å². The van der Waals surface area contributed by atoms with Crippen LogP contribution in [0.1, 0.15) is 32.9 Å². The van der Waals surface area contributed by atoms with Gasteiger partial charge in [0, 0.05) is 10.7 Å². The highest BCUT2D eigenvalue weighted by Gasteiger charge is 2.21. The molecule has 0 aliphatic carbocycles. The first-order valence-electron chi connectivity index (χ1n) is 8.17. The summed E-state index contributed by atoms with van der Waals surface area (Å²) in [6.45, 7) is 5.77. The number of anilines is 1. The summed E-state index contributed by atoms with van der Waals surface area (Å²) in [6, 6.07) is 13.0. The number of nitrogens with zero attached hydrogens (tertiary/aromatic N) is 1. The number of benzene rings is 2. The summed E-state index contributed by atoms with van der Waals surface area (Å²) in [6.07, 6.45) is 0. The van der Waals surface area contributed by atoms with Crippen molar-refractivity contribution in [1.82, 2.24) is 5.16 Å². The Balaban J connectivity index is 1.78. The number of halogens is 1. The molecule has 1 N–H and O–H groups in total. The summed E-state index contributed by atoms with van der Waals surface area (Å²) in [5, 5.41) is 7.31. The van der Waals surface area contributed by atoms with Crippen LogP contribution in [0, 0.1) is 20.8 Å². The fourth-order valence-electron chi connectivity index (χ4n) is 2.52. The number of nitrogens with one attached hydrogen (secondary N) is 1. The van der Waals surface area contributed by atoms with E-state index in [0.717, 1.165) is 16.9 Å². The van der Waals surface area contributed by atoms with E-state index in [4.69, 9.17) is 20.9 Å². The largest absolute Gasteiger partial charge is 0.489 e. The van der Waals surface area contributed by atoms with Gasteiger partial charge in [-0.05, 0) is 56.2 Å². The van der Waals surface area contributed by atoms with Crippen LogP contribution in [0.4, 0.5) is 5.69 Å². The molecule has 0 bridgehead atoms. The van der Waals surface area contributed by atoms with Gasteiger partial charge in [0.25, 0.3) is 5.91 Å². The third kappa shape index (κ3) is 3.89. The van der Waals surface area contributed by atoms with Crippen LogP contribution >= 0.6 is 11.6 Å². The molecule has 0 unspecified atom stereocenters. The van der Waals surface area contributed by atoms with E-state index in [2.05, 4.69) is 10.5 Å². The highest BCUT2D eigenvalue weighted by molar-refractivity contribution is 6.31. The number of hydrogen-bond acceptors (Lipinski definition) is 4. The van der Waals surface area contributed by atoms with Gasteiger partial charge < -0.3 is 14.6 Å². The molecule has 0 atom stereocenters. The third-order valence-corrected chi connectivity index (χ3v) is 4.50. The molecule has 0 saturated carbocycles. The molecule has 1 aromatic heterocycles. The lowest BCUT2D eigenvalue weighted by molar-refractivity contribution is 0.101. The highest BCUT2D eigenvalue weighted by Crippen LogP contribution is 2.24.